The summed E-state index contributed by atoms with van der Waals surface area (Å²) in [6, 6.07) is 11.9. The molecule has 220 valence electrons. The molecule has 2 atom stereocenters. The molecule has 0 saturated carbocycles. The maximum absolute atomic E-state index is 13.1. The van der Waals surface area contributed by atoms with Gasteiger partial charge in [0.2, 0.25) is 20.0 Å². The molecule has 2 aliphatic heterocycles. The minimum Gasteiger partial charge on any atom is -0.338 e. The molecule has 2 aliphatic rings. The largest absolute Gasteiger partial charge is 0.338 e. The summed E-state index contributed by atoms with van der Waals surface area (Å²) in [5, 5.41) is 1.90. The third-order valence-electron chi connectivity index (χ3n) is 7.18. The van der Waals surface area contributed by atoms with Crippen LogP contribution < -0.4 is 9.44 Å². The summed E-state index contributed by atoms with van der Waals surface area (Å²) in [4.78, 5) is 28.9. The number of nitrogens with one attached hydrogen (secondary N) is 2. The van der Waals surface area contributed by atoms with E-state index < -0.39 is 25.9 Å². The zero-order valence-electron chi connectivity index (χ0n) is 22.4. The molecular formula is C28H33FN4O6S2. The number of benzene rings is 2. The van der Waals surface area contributed by atoms with Crippen molar-refractivity contribution in [2.45, 2.75) is 12.8 Å². The first-order valence-electron chi connectivity index (χ1n) is 13.2. The summed E-state index contributed by atoms with van der Waals surface area (Å²) >= 11 is 0. The SMILES string of the molecule is C=CS(=O)(=O)NCC1CCN(C(=O)c2cccc(/C=C/S(=O)(=O)NCC3CCN(C(=O)c4ccc(F)cc4)C3)c2)C1. The molecule has 2 amide bonds. The predicted molar refractivity (Wildman–Crippen MR) is 154 cm³/mol. The van der Waals surface area contributed by atoms with Crippen LogP contribution in [0.25, 0.3) is 6.08 Å². The summed E-state index contributed by atoms with van der Waals surface area (Å²) in [6.07, 6.45) is 2.71. The minimum absolute atomic E-state index is 0.0130. The van der Waals surface area contributed by atoms with Crippen LogP contribution in [-0.2, 0) is 20.0 Å². The molecule has 2 saturated heterocycles. The monoisotopic (exact) mass is 604 g/mol. The van der Waals surface area contributed by atoms with E-state index in [1.54, 1.807) is 34.1 Å². The average molecular weight is 605 g/mol. The number of sulfonamides is 2. The molecule has 4 rings (SSSR count). The number of amides is 2. The van der Waals surface area contributed by atoms with Crippen LogP contribution in [0.3, 0.4) is 0 Å². The number of hydrogen-bond donors (Lipinski definition) is 2. The molecule has 13 heteroatoms. The highest BCUT2D eigenvalue weighted by Crippen LogP contribution is 2.21. The van der Waals surface area contributed by atoms with Gasteiger partial charge in [0.05, 0.1) is 0 Å². The Morgan fingerprint density at radius 2 is 1.41 bits per heavy atom. The fraction of sp³-hybridized carbons (Fsp3) is 0.357. The topological polar surface area (TPSA) is 133 Å². The van der Waals surface area contributed by atoms with Crippen LogP contribution in [0.15, 0.2) is 65.9 Å². The molecule has 0 aromatic heterocycles. The standard InChI is InChI=1S/C28H33FN4O6S2/c1-2-40(36,37)30-17-22-11-14-33(20-22)28(35)25-5-3-4-21(16-25)12-15-41(38,39)31-18-23-10-13-32(19-23)27(34)24-6-8-26(29)9-7-24/h2-9,12,15-16,22-23,30-31H,1,10-11,13-14,17-20H2/b15-12+. The highest BCUT2D eigenvalue weighted by molar-refractivity contribution is 7.92. The van der Waals surface area contributed by atoms with Crippen LogP contribution >= 0.6 is 0 Å². The zero-order valence-corrected chi connectivity index (χ0v) is 24.0. The molecule has 2 unspecified atom stereocenters. The van der Waals surface area contributed by atoms with E-state index in [-0.39, 0.29) is 36.7 Å². The van der Waals surface area contributed by atoms with Crippen molar-refractivity contribution in [2.24, 2.45) is 11.8 Å². The molecule has 0 radical (unpaired) electrons. The van der Waals surface area contributed by atoms with Gasteiger partial charge in [-0.15, -0.1) is 0 Å². The Balaban J connectivity index is 1.27. The molecule has 0 aliphatic carbocycles. The third kappa shape index (κ3) is 8.55. The van der Waals surface area contributed by atoms with Crippen LogP contribution in [-0.4, -0.2) is 77.7 Å². The van der Waals surface area contributed by atoms with E-state index in [1.807, 2.05) is 0 Å². The first kappa shape index (κ1) is 30.6. The van der Waals surface area contributed by atoms with Crippen molar-refractivity contribution in [3.8, 4) is 0 Å². The fourth-order valence-electron chi connectivity index (χ4n) is 4.84. The van der Waals surface area contributed by atoms with Gasteiger partial charge in [0, 0.05) is 61.2 Å². The average Bonchev–Trinajstić information content (AvgIpc) is 3.64. The number of carbonyl (C=O) groups excluding carboxylic acids is 2. The second kappa shape index (κ2) is 13.1. The second-order valence-electron chi connectivity index (χ2n) is 10.2. The van der Waals surface area contributed by atoms with Crippen LogP contribution in [0, 0.1) is 17.7 Å². The van der Waals surface area contributed by atoms with Crippen molar-refractivity contribution in [1.82, 2.24) is 19.2 Å². The summed E-state index contributed by atoms with van der Waals surface area (Å²) in [5.41, 5.74) is 1.33. The Labute approximate surface area is 240 Å². The van der Waals surface area contributed by atoms with Gasteiger partial charge in [-0.1, -0.05) is 18.7 Å². The Kier molecular flexibility index (Phi) is 9.74. The van der Waals surface area contributed by atoms with Gasteiger partial charge in [-0.05, 0) is 72.7 Å². The van der Waals surface area contributed by atoms with E-state index in [1.165, 1.54) is 30.3 Å². The van der Waals surface area contributed by atoms with Gasteiger partial charge in [0.1, 0.15) is 5.82 Å². The Morgan fingerprint density at radius 3 is 2.00 bits per heavy atom. The summed E-state index contributed by atoms with van der Waals surface area (Å²) < 4.78 is 66.5. The first-order chi connectivity index (χ1) is 19.4. The van der Waals surface area contributed by atoms with E-state index in [0.29, 0.717) is 55.7 Å². The van der Waals surface area contributed by atoms with E-state index >= 15 is 0 Å². The normalized spacial score (nSPS) is 19.6. The molecule has 0 bridgehead atoms. The maximum atomic E-state index is 13.1. The van der Waals surface area contributed by atoms with E-state index in [9.17, 15) is 30.8 Å². The van der Waals surface area contributed by atoms with Crippen molar-refractivity contribution in [1.29, 1.82) is 0 Å². The van der Waals surface area contributed by atoms with Gasteiger partial charge in [-0.2, -0.15) is 0 Å². The predicted octanol–water partition coefficient (Wildman–Crippen LogP) is 2.40. The number of hydrogen-bond acceptors (Lipinski definition) is 6. The number of likely N-dealkylation sites (tertiary alicyclic amines) is 2. The van der Waals surface area contributed by atoms with Crippen molar-refractivity contribution in [2.75, 3.05) is 39.3 Å². The van der Waals surface area contributed by atoms with Crippen molar-refractivity contribution >= 4 is 37.9 Å². The second-order valence-corrected chi connectivity index (χ2v) is 13.6. The Hall–Kier alpha value is -3.39. The smallest absolute Gasteiger partial charge is 0.253 e. The van der Waals surface area contributed by atoms with Crippen molar-refractivity contribution in [3.05, 3.63) is 88.4 Å². The highest BCUT2D eigenvalue weighted by atomic mass is 32.2. The lowest BCUT2D eigenvalue weighted by Gasteiger charge is -2.17. The van der Waals surface area contributed by atoms with E-state index in [4.69, 9.17) is 0 Å². The highest BCUT2D eigenvalue weighted by Gasteiger charge is 2.29. The Morgan fingerprint density at radius 1 is 0.854 bits per heavy atom. The molecule has 2 heterocycles. The number of nitrogens with zero attached hydrogens (tertiary/aromatic N) is 2. The molecule has 2 N–H and O–H groups in total. The van der Waals surface area contributed by atoms with Crippen LogP contribution in [0.2, 0.25) is 0 Å². The van der Waals surface area contributed by atoms with Gasteiger partial charge >= 0.3 is 0 Å². The minimum atomic E-state index is -3.77. The third-order valence-corrected chi connectivity index (χ3v) is 9.25. The van der Waals surface area contributed by atoms with Gasteiger partial charge in [0.15, 0.2) is 0 Å². The lowest BCUT2D eigenvalue weighted by atomic mass is 10.1. The number of halogens is 1. The van der Waals surface area contributed by atoms with Gasteiger partial charge in [-0.25, -0.2) is 30.7 Å². The van der Waals surface area contributed by atoms with Crippen molar-refractivity contribution < 1.29 is 30.8 Å². The lowest BCUT2D eigenvalue weighted by Crippen LogP contribution is -2.32. The van der Waals surface area contributed by atoms with Gasteiger partial charge in [0.25, 0.3) is 11.8 Å². The van der Waals surface area contributed by atoms with Gasteiger partial charge < -0.3 is 9.80 Å². The quantitative estimate of drug-likeness (QED) is 0.405. The van der Waals surface area contributed by atoms with Gasteiger partial charge in [-0.3, -0.25) is 9.59 Å². The first-order valence-corrected chi connectivity index (χ1v) is 16.3. The molecule has 2 aromatic carbocycles. The maximum Gasteiger partial charge on any atom is 0.253 e. The molecule has 0 spiro atoms. The summed E-state index contributed by atoms with van der Waals surface area (Å²) in [5.74, 6) is -0.917. The van der Waals surface area contributed by atoms with Crippen molar-refractivity contribution in [3.63, 3.8) is 0 Å². The fourth-order valence-corrected chi connectivity index (χ4v) is 6.33. The molecule has 41 heavy (non-hydrogen) atoms. The lowest BCUT2D eigenvalue weighted by molar-refractivity contribution is 0.0780. The molecule has 2 aromatic rings. The van der Waals surface area contributed by atoms with E-state index in [2.05, 4.69) is 16.0 Å². The van der Waals surface area contributed by atoms with Crippen LogP contribution in [0.4, 0.5) is 4.39 Å². The van der Waals surface area contributed by atoms with Crippen LogP contribution in [0.1, 0.15) is 39.1 Å². The number of rotatable bonds is 11. The zero-order chi connectivity index (χ0) is 29.6. The molecule has 2 fully saturated rings. The summed E-state index contributed by atoms with van der Waals surface area (Å²) in [6.45, 7) is 5.42. The molecule has 10 nitrogen and oxygen atoms in total. The van der Waals surface area contributed by atoms with Crippen LogP contribution in [0.5, 0.6) is 0 Å². The Bertz CT molecular complexity index is 1530. The number of carbonyl (C=O) groups is 2. The molecular weight excluding hydrogens is 571 g/mol. The van der Waals surface area contributed by atoms with E-state index in [0.717, 1.165) is 10.8 Å². The summed E-state index contributed by atoms with van der Waals surface area (Å²) in [7, 11) is -7.30.